The summed E-state index contributed by atoms with van der Waals surface area (Å²) in [6.07, 6.45) is 1.85. The van der Waals surface area contributed by atoms with E-state index in [1.54, 1.807) is 16.8 Å². The van der Waals surface area contributed by atoms with Gasteiger partial charge in [-0.2, -0.15) is 5.10 Å². The molecule has 1 aromatic carbocycles. The van der Waals surface area contributed by atoms with Crippen molar-refractivity contribution in [2.24, 2.45) is 0 Å². The predicted octanol–water partition coefficient (Wildman–Crippen LogP) is 2.71. The summed E-state index contributed by atoms with van der Waals surface area (Å²) in [4.78, 5) is 0. The molecule has 2 rings (SSSR count). The summed E-state index contributed by atoms with van der Waals surface area (Å²) in [5.74, 6) is -0.228. The number of rotatable bonds is 2. The monoisotopic (exact) mass is 190 g/mol. The van der Waals surface area contributed by atoms with E-state index < -0.39 is 0 Å². The van der Waals surface area contributed by atoms with Gasteiger partial charge in [0.05, 0.1) is 5.69 Å². The number of aromatic nitrogens is 2. The van der Waals surface area contributed by atoms with Gasteiger partial charge in [-0.25, -0.2) is 4.39 Å². The maximum Gasteiger partial charge on any atom is 0.132 e. The van der Waals surface area contributed by atoms with Crippen molar-refractivity contribution >= 4 is 0 Å². The second kappa shape index (κ2) is 3.62. The zero-order valence-electron chi connectivity index (χ0n) is 7.94. The molecule has 0 radical (unpaired) electrons. The molecule has 2 aromatic rings. The summed E-state index contributed by atoms with van der Waals surface area (Å²) >= 11 is 0. The Bertz CT molecular complexity index is 434. The Balaban J connectivity index is 2.44. The normalized spacial score (nSPS) is 10.4. The van der Waals surface area contributed by atoms with Gasteiger partial charge in [-0.05, 0) is 25.1 Å². The van der Waals surface area contributed by atoms with E-state index in [1.807, 2.05) is 25.3 Å². The molecule has 0 saturated carbocycles. The van der Waals surface area contributed by atoms with Crippen molar-refractivity contribution < 1.29 is 4.39 Å². The molecule has 0 saturated heterocycles. The summed E-state index contributed by atoms with van der Waals surface area (Å²) in [6.45, 7) is 2.80. The molecule has 0 aliphatic carbocycles. The van der Waals surface area contributed by atoms with E-state index in [0.717, 1.165) is 6.54 Å². The van der Waals surface area contributed by atoms with E-state index in [0.29, 0.717) is 11.3 Å². The summed E-state index contributed by atoms with van der Waals surface area (Å²) in [7, 11) is 0. The highest BCUT2D eigenvalue weighted by molar-refractivity contribution is 5.59. The van der Waals surface area contributed by atoms with Crippen LogP contribution in [0.4, 0.5) is 4.39 Å². The second-order valence-electron chi connectivity index (χ2n) is 3.04. The summed E-state index contributed by atoms with van der Waals surface area (Å²) in [6, 6.07) is 8.49. The molecule has 0 unspecified atom stereocenters. The van der Waals surface area contributed by atoms with Gasteiger partial charge in [0.1, 0.15) is 5.82 Å². The minimum Gasteiger partial charge on any atom is -0.272 e. The third kappa shape index (κ3) is 1.53. The first-order valence-corrected chi connectivity index (χ1v) is 4.59. The Morgan fingerprint density at radius 3 is 2.71 bits per heavy atom. The molecular formula is C11H11FN2. The number of benzene rings is 1. The lowest BCUT2D eigenvalue weighted by Gasteiger charge is -1.98. The molecule has 0 spiro atoms. The van der Waals surface area contributed by atoms with Crippen molar-refractivity contribution in [3.63, 3.8) is 0 Å². The van der Waals surface area contributed by atoms with E-state index in [2.05, 4.69) is 5.10 Å². The van der Waals surface area contributed by atoms with Crippen LogP contribution in [-0.4, -0.2) is 9.78 Å². The predicted molar refractivity (Wildman–Crippen MR) is 53.3 cm³/mol. The summed E-state index contributed by atoms with van der Waals surface area (Å²) < 4.78 is 15.1. The van der Waals surface area contributed by atoms with Crippen LogP contribution in [0.5, 0.6) is 0 Å². The van der Waals surface area contributed by atoms with Crippen molar-refractivity contribution in [2.75, 3.05) is 0 Å². The summed E-state index contributed by atoms with van der Waals surface area (Å²) in [5.41, 5.74) is 1.24. The fourth-order valence-corrected chi connectivity index (χ4v) is 1.35. The molecule has 0 amide bonds. The zero-order valence-corrected chi connectivity index (χ0v) is 7.94. The fraction of sp³-hybridized carbons (Fsp3) is 0.182. The van der Waals surface area contributed by atoms with Crippen molar-refractivity contribution in [3.05, 3.63) is 42.3 Å². The third-order valence-corrected chi connectivity index (χ3v) is 2.11. The van der Waals surface area contributed by atoms with Gasteiger partial charge in [-0.1, -0.05) is 12.1 Å². The van der Waals surface area contributed by atoms with Gasteiger partial charge < -0.3 is 0 Å². The maximum absolute atomic E-state index is 13.3. The number of hydrogen-bond acceptors (Lipinski definition) is 1. The zero-order chi connectivity index (χ0) is 9.97. The van der Waals surface area contributed by atoms with Crippen LogP contribution in [0.15, 0.2) is 36.5 Å². The highest BCUT2D eigenvalue weighted by Crippen LogP contribution is 2.19. The van der Waals surface area contributed by atoms with Crippen LogP contribution in [0.25, 0.3) is 11.3 Å². The molecule has 1 heterocycles. The molecule has 72 valence electrons. The minimum atomic E-state index is -0.228. The quantitative estimate of drug-likeness (QED) is 0.712. The molecule has 0 bridgehead atoms. The lowest BCUT2D eigenvalue weighted by atomic mass is 10.1. The molecule has 3 heteroatoms. The Morgan fingerprint density at radius 1 is 1.29 bits per heavy atom. The van der Waals surface area contributed by atoms with Crippen LogP contribution in [0.1, 0.15) is 6.92 Å². The van der Waals surface area contributed by atoms with E-state index in [9.17, 15) is 4.39 Å². The van der Waals surface area contributed by atoms with Gasteiger partial charge in [0, 0.05) is 18.3 Å². The topological polar surface area (TPSA) is 17.8 Å². The summed E-state index contributed by atoms with van der Waals surface area (Å²) in [5, 5.41) is 4.24. The lowest BCUT2D eigenvalue weighted by molar-refractivity contribution is 0.627. The number of hydrogen-bond donors (Lipinski definition) is 0. The number of aryl methyl sites for hydroxylation is 1. The Morgan fingerprint density at radius 2 is 2.07 bits per heavy atom. The van der Waals surface area contributed by atoms with Gasteiger partial charge in [0.2, 0.25) is 0 Å². The Hall–Kier alpha value is -1.64. The van der Waals surface area contributed by atoms with E-state index in [-0.39, 0.29) is 5.82 Å². The van der Waals surface area contributed by atoms with E-state index >= 15 is 0 Å². The van der Waals surface area contributed by atoms with Gasteiger partial charge in [-0.3, -0.25) is 4.68 Å². The van der Waals surface area contributed by atoms with Gasteiger partial charge in [0.15, 0.2) is 0 Å². The van der Waals surface area contributed by atoms with Crippen molar-refractivity contribution in [1.29, 1.82) is 0 Å². The molecule has 0 N–H and O–H groups in total. The first-order valence-electron chi connectivity index (χ1n) is 4.59. The third-order valence-electron chi connectivity index (χ3n) is 2.11. The first kappa shape index (κ1) is 8.94. The van der Waals surface area contributed by atoms with Gasteiger partial charge >= 0.3 is 0 Å². The lowest BCUT2D eigenvalue weighted by Crippen LogP contribution is -1.94. The molecule has 1 aromatic heterocycles. The van der Waals surface area contributed by atoms with Gasteiger partial charge in [0.25, 0.3) is 0 Å². The molecular weight excluding hydrogens is 179 g/mol. The van der Waals surface area contributed by atoms with E-state index in [1.165, 1.54) is 6.07 Å². The first-order chi connectivity index (χ1) is 6.81. The number of nitrogens with zero attached hydrogens (tertiary/aromatic N) is 2. The van der Waals surface area contributed by atoms with Crippen LogP contribution < -0.4 is 0 Å². The number of halogens is 1. The van der Waals surface area contributed by atoms with Crippen LogP contribution in [-0.2, 0) is 6.54 Å². The van der Waals surface area contributed by atoms with Crippen LogP contribution in [0.2, 0.25) is 0 Å². The average molecular weight is 190 g/mol. The highest BCUT2D eigenvalue weighted by Gasteiger charge is 2.05. The molecule has 0 fully saturated rings. The standard InChI is InChI=1S/C11H11FN2/c1-2-14-8-7-11(13-14)9-5-3-4-6-10(9)12/h3-8H,2H2,1H3. The van der Waals surface area contributed by atoms with Crippen molar-refractivity contribution in [2.45, 2.75) is 13.5 Å². The largest absolute Gasteiger partial charge is 0.272 e. The van der Waals surface area contributed by atoms with Gasteiger partial charge in [-0.15, -0.1) is 0 Å². The smallest absolute Gasteiger partial charge is 0.132 e. The minimum absolute atomic E-state index is 0.228. The fourth-order valence-electron chi connectivity index (χ4n) is 1.35. The average Bonchev–Trinajstić information content (AvgIpc) is 2.67. The van der Waals surface area contributed by atoms with Crippen LogP contribution >= 0.6 is 0 Å². The second-order valence-corrected chi connectivity index (χ2v) is 3.04. The van der Waals surface area contributed by atoms with Crippen LogP contribution in [0, 0.1) is 5.82 Å². The van der Waals surface area contributed by atoms with E-state index in [4.69, 9.17) is 0 Å². The van der Waals surface area contributed by atoms with Crippen molar-refractivity contribution in [1.82, 2.24) is 9.78 Å². The van der Waals surface area contributed by atoms with Crippen LogP contribution in [0.3, 0.4) is 0 Å². The Kier molecular flexibility index (Phi) is 2.31. The molecule has 0 atom stereocenters. The Labute approximate surface area is 82.0 Å². The van der Waals surface area contributed by atoms with Crippen molar-refractivity contribution in [3.8, 4) is 11.3 Å². The SMILES string of the molecule is CCn1ccc(-c2ccccc2F)n1. The molecule has 0 aliphatic rings. The molecule has 0 aliphatic heterocycles. The molecule has 2 nitrogen and oxygen atoms in total. The molecule has 14 heavy (non-hydrogen) atoms. The maximum atomic E-state index is 13.3. The highest BCUT2D eigenvalue weighted by atomic mass is 19.1.